The normalized spacial score (nSPS) is 9.06. The van der Waals surface area contributed by atoms with Crippen molar-refractivity contribution in [3.8, 4) is 0 Å². The van der Waals surface area contributed by atoms with E-state index < -0.39 is 18.4 Å². The molecule has 0 aliphatic carbocycles. The molecule has 1 rings (SSSR count). The Balaban J connectivity index is 0.000000325. The van der Waals surface area contributed by atoms with Gasteiger partial charge in [0.15, 0.2) is 0 Å². The molecule has 88 valence electrons. The molecule has 0 aliphatic rings. The van der Waals surface area contributed by atoms with Crippen molar-refractivity contribution in [2.75, 3.05) is 0 Å². The number of benzene rings is 1. The summed E-state index contributed by atoms with van der Waals surface area (Å²) in [5, 5.41) is 15.4. The first-order chi connectivity index (χ1) is 8.06. The Bertz CT molecular complexity index is 326. The maximum absolute atomic E-state index is 9.43. The zero-order valence-corrected chi connectivity index (χ0v) is 13.0. The molecule has 0 fully saturated rings. The van der Waals surface area contributed by atoms with E-state index in [1.54, 1.807) is 0 Å². The summed E-state index contributed by atoms with van der Waals surface area (Å²) in [5.41, 5.74) is 1.49. The van der Waals surface area contributed by atoms with Gasteiger partial charge in [0.1, 0.15) is 6.42 Å². The van der Waals surface area contributed by atoms with Gasteiger partial charge in [0.25, 0.3) is 0 Å². The summed E-state index contributed by atoms with van der Waals surface area (Å²) in [7, 11) is 0. The van der Waals surface area contributed by atoms with Crippen LogP contribution in [0.2, 0.25) is 0.515 Å². The molecular weight excluding hydrogens is 247 g/mol. The van der Waals surface area contributed by atoms with Crippen LogP contribution in [-0.2, 0) is 16.0 Å². The van der Waals surface area contributed by atoms with Crippen LogP contribution in [0.1, 0.15) is 18.4 Å². The van der Waals surface area contributed by atoms with Gasteiger partial charge in [-0.05, 0) is 0 Å². The summed E-state index contributed by atoms with van der Waals surface area (Å²) in [5.74, 6) is -2.62. The Morgan fingerprint density at radius 1 is 1.06 bits per heavy atom. The van der Waals surface area contributed by atoms with Crippen LogP contribution in [0.4, 0.5) is 0 Å². The third-order valence-corrected chi connectivity index (χ3v) is 3.07. The van der Waals surface area contributed by atoms with Crippen LogP contribution < -0.4 is 0 Å². The predicted molar refractivity (Wildman–Crippen MR) is 65.2 cm³/mol. The van der Waals surface area contributed by atoms with E-state index in [1.165, 1.54) is 18.9 Å². The Morgan fingerprint density at radius 2 is 1.59 bits per heavy atom. The van der Waals surface area contributed by atoms with Crippen molar-refractivity contribution in [3.05, 3.63) is 35.9 Å². The van der Waals surface area contributed by atoms with Crippen LogP contribution >= 0.6 is 0 Å². The fourth-order valence-corrected chi connectivity index (χ4v) is 1.71. The molecule has 0 spiro atoms. The van der Waals surface area contributed by atoms with Crippen molar-refractivity contribution in [2.45, 2.75) is 19.8 Å². The average Bonchev–Trinajstić information content (AvgIpc) is 2.27. The molecule has 0 saturated heterocycles. The van der Waals surface area contributed by atoms with Crippen molar-refractivity contribution in [3.63, 3.8) is 0 Å². The number of aliphatic carboxylic acids is 2. The number of hydrogen-bond donors (Lipinski definition) is 2. The molecule has 4 nitrogen and oxygen atoms in total. The molecule has 0 saturated carbocycles. The minimum atomic E-state index is -1.31. The second kappa shape index (κ2) is 10.9. The standard InChI is InChI=1S/C9H11.C3H4O4.K/c1-2-6-9-7-4-3-5-8-9;4-2(5)1-3(6)7;/h3-5,7-8H,1-2,6H2;1H2,(H,4,5)(H,6,7);. The monoisotopic (exact) mass is 262 g/mol. The quantitative estimate of drug-likeness (QED) is 0.626. The summed E-state index contributed by atoms with van der Waals surface area (Å²) in [6.07, 6.45) is 1.87. The molecule has 0 amide bonds. The molecular formula is C12H15KO4. The Labute approximate surface area is 135 Å². The molecule has 2 N–H and O–H groups in total. The Kier molecular flexibility index (Phi) is 10.8. The van der Waals surface area contributed by atoms with Crippen molar-refractivity contribution in [1.29, 1.82) is 0 Å². The van der Waals surface area contributed by atoms with Gasteiger partial charge in [0.2, 0.25) is 0 Å². The van der Waals surface area contributed by atoms with E-state index in [2.05, 4.69) is 30.3 Å². The number of carboxylic acids is 2. The van der Waals surface area contributed by atoms with E-state index in [0.717, 1.165) is 49.0 Å². The minimum absolute atomic E-state index is 0.806. The van der Waals surface area contributed by atoms with Gasteiger partial charge in [-0.2, -0.15) is 0 Å². The van der Waals surface area contributed by atoms with Crippen LogP contribution in [0.15, 0.2) is 30.3 Å². The summed E-state index contributed by atoms with van der Waals surface area (Å²) in [6.45, 7) is 0. The van der Waals surface area contributed by atoms with Crippen LogP contribution in [0.25, 0.3) is 0 Å². The zero-order valence-electron chi connectivity index (χ0n) is 9.93. The molecule has 1 aromatic carbocycles. The van der Waals surface area contributed by atoms with Gasteiger partial charge in [0, 0.05) is 0 Å². The third-order valence-electron chi connectivity index (χ3n) is 1.96. The molecule has 0 unspecified atom stereocenters. The number of carboxylic acid groups (broad SMARTS) is 2. The Hall–Kier alpha value is -0.204. The second-order valence-electron chi connectivity index (χ2n) is 3.55. The SMILES string of the molecule is O=C(O)CC(=O)O.[K][CH2]CCc1ccccc1. The van der Waals surface area contributed by atoms with Crippen molar-refractivity contribution in [2.24, 2.45) is 0 Å². The number of rotatable bonds is 5. The van der Waals surface area contributed by atoms with Gasteiger partial charge < -0.3 is 10.2 Å². The van der Waals surface area contributed by atoms with E-state index in [0.29, 0.717) is 0 Å². The van der Waals surface area contributed by atoms with E-state index in [1.807, 2.05) is 0 Å². The van der Waals surface area contributed by atoms with Crippen LogP contribution in [0.3, 0.4) is 0 Å². The fraction of sp³-hybridized carbons (Fsp3) is 0.333. The van der Waals surface area contributed by atoms with Crippen molar-refractivity contribution >= 4 is 60.9 Å². The van der Waals surface area contributed by atoms with Crippen LogP contribution in [-0.4, -0.2) is 71.1 Å². The number of aryl methyl sites for hydroxylation is 1. The Morgan fingerprint density at radius 3 is 1.94 bits per heavy atom. The first-order valence-electron chi connectivity index (χ1n) is 5.53. The van der Waals surface area contributed by atoms with E-state index in [4.69, 9.17) is 10.2 Å². The molecule has 5 heteroatoms. The van der Waals surface area contributed by atoms with Gasteiger partial charge in [-0.25, -0.2) is 0 Å². The first kappa shape index (κ1) is 16.8. The predicted octanol–water partition coefficient (Wildman–Crippen LogP) is 1.75. The summed E-state index contributed by atoms with van der Waals surface area (Å²) in [6, 6.07) is 10.7. The first-order valence-corrected chi connectivity index (χ1v) is 7.74. The zero-order chi connectivity index (χ0) is 13.1. The van der Waals surface area contributed by atoms with Crippen LogP contribution in [0.5, 0.6) is 0 Å². The van der Waals surface area contributed by atoms with Gasteiger partial charge in [-0.15, -0.1) is 0 Å². The third kappa shape index (κ3) is 12.0. The fourth-order valence-electron chi connectivity index (χ4n) is 1.15. The molecule has 0 aliphatic heterocycles. The number of hydrogen-bond acceptors (Lipinski definition) is 2. The molecule has 0 bridgehead atoms. The molecule has 1 aromatic rings. The second-order valence-corrected chi connectivity index (χ2v) is 5.11. The molecule has 0 aromatic heterocycles. The molecule has 0 atom stereocenters. The average molecular weight is 262 g/mol. The van der Waals surface area contributed by atoms with E-state index in [-0.39, 0.29) is 0 Å². The van der Waals surface area contributed by atoms with Gasteiger partial charge in [-0.3, -0.25) is 9.59 Å². The van der Waals surface area contributed by atoms with E-state index in [9.17, 15) is 9.59 Å². The van der Waals surface area contributed by atoms with Gasteiger partial charge in [0.05, 0.1) is 0 Å². The number of carbonyl (C=O) groups is 2. The van der Waals surface area contributed by atoms with Crippen molar-refractivity contribution in [1.82, 2.24) is 0 Å². The molecule has 17 heavy (non-hydrogen) atoms. The molecule has 0 radical (unpaired) electrons. The summed E-state index contributed by atoms with van der Waals surface area (Å²) < 4.78 is 1.47. The summed E-state index contributed by atoms with van der Waals surface area (Å²) in [4.78, 5) is 18.9. The van der Waals surface area contributed by atoms with Gasteiger partial charge >= 0.3 is 110 Å². The van der Waals surface area contributed by atoms with Crippen LogP contribution in [0, 0.1) is 0 Å². The van der Waals surface area contributed by atoms with Gasteiger partial charge in [-0.1, -0.05) is 0 Å². The molecule has 0 heterocycles. The summed E-state index contributed by atoms with van der Waals surface area (Å²) >= 11 is 1.04. The van der Waals surface area contributed by atoms with E-state index >= 15 is 0 Å². The maximum atomic E-state index is 9.43. The van der Waals surface area contributed by atoms with Crippen molar-refractivity contribution < 1.29 is 19.8 Å². The topological polar surface area (TPSA) is 74.6 Å².